The Labute approximate surface area is 89.8 Å². The van der Waals surface area contributed by atoms with Gasteiger partial charge in [0.05, 0.1) is 0 Å². The predicted octanol–water partition coefficient (Wildman–Crippen LogP) is 3.00. The first-order chi connectivity index (χ1) is 6.88. The van der Waals surface area contributed by atoms with Gasteiger partial charge in [0.2, 0.25) is 0 Å². The van der Waals surface area contributed by atoms with Gasteiger partial charge in [-0.05, 0) is 32.2 Å². The number of hydrogen-bond acceptors (Lipinski definition) is 2. The van der Waals surface area contributed by atoms with Gasteiger partial charge in [-0.3, -0.25) is 0 Å². The second-order valence-corrected chi connectivity index (χ2v) is 6.38. The highest BCUT2D eigenvalue weighted by Gasteiger charge is 2.26. The Kier molecular flexibility index (Phi) is 6.48. The number of hydrogen-bond donors (Lipinski definition) is 0. The van der Waals surface area contributed by atoms with Crippen LogP contribution in [0.1, 0.15) is 52.4 Å². The molecule has 84 valence electrons. The third-order valence-electron chi connectivity index (χ3n) is 2.95. The van der Waals surface area contributed by atoms with E-state index >= 15 is 0 Å². The summed E-state index contributed by atoms with van der Waals surface area (Å²) in [4.78, 5) is 0. The minimum absolute atomic E-state index is 0.775. The Hall–Kier alpha value is 0.137. The molecule has 0 N–H and O–H groups in total. The molecule has 1 aliphatic carbocycles. The van der Waals surface area contributed by atoms with E-state index < -0.39 is 9.28 Å². The summed E-state index contributed by atoms with van der Waals surface area (Å²) in [6.45, 7) is 5.81. The Morgan fingerprint density at radius 3 is 1.86 bits per heavy atom. The van der Waals surface area contributed by atoms with Crippen molar-refractivity contribution < 1.29 is 8.85 Å². The molecule has 1 saturated carbocycles. The van der Waals surface area contributed by atoms with E-state index in [-0.39, 0.29) is 0 Å². The minimum Gasteiger partial charge on any atom is -0.397 e. The van der Waals surface area contributed by atoms with E-state index in [1.165, 1.54) is 38.5 Å². The van der Waals surface area contributed by atoms with Crippen LogP contribution >= 0.6 is 0 Å². The molecule has 1 rings (SSSR count). The highest BCUT2D eigenvalue weighted by atomic mass is 28.3. The molecular weight excluding hydrogens is 192 g/mol. The zero-order valence-corrected chi connectivity index (χ0v) is 10.8. The van der Waals surface area contributed by atoms with Gasteiger partial charge in [0, 0.05) is 13.2 Å². The van der Waals surface area contributed by atoms with Crippen molar-refractivity contribution in [3.05, 3.63) is 0 Å². The lowest BCUT2D eigenvalue weighted by molar-refractivity contribution is 0.200. The Morgan fingerprint density at radius 2 is 1.43 bits per heavy atom. The first-order valence-corrected chi connectivity index (χ1v) is 7.72. The maximum Gasteiger partial charge on any atom is 0.324 e. The van der Waals surface area contributed by atoms with Gasteiger partial charge in [0.1, 0.15) is 0 Å². The second-order valence-electron chi connectivity index (χ2n) is 4.03. The van der Waals surface area contributed by atoms with E-state index in [2.05, 4.69) is 13.8 Å². The van der Waals surface area contributed by atoms with E-state index in [1.807, 2.05) is 0 Å². The molecule has 0 bridgehead atoms. The highest BCUT2D eigenvalue weighted by molar-refractivity contribution is 6.46. The smallest absolute Gasteiger partial charge is 0.324 e. The molecule has 0 spiro atoms. The summed E-state index contributed by atoms with van der Waals surface area (Å²) < 4.78 is 11.6. The first kappa shape index (κ1) is 12.2. The Bertz CT molecular complexity index is 127. The van der Waals surface area contributed by atoms with Gasteiger partial charge in [0.15, 0.2) is 0 Å². The molecular formula is C11H24O2Si. The highest BCUT2D eigenvalue weighted by Crippen LogP contribution is 2.30. The van der Waals surface area contributed by atoms with Gasteiger partial charge in [-0.25, -0.2) is 0 Å². The molecule has 3 heteroatoms. The van der Waals surface area contributed by atoms with Crippen LogP contribution in [0.4, 0.5) is 0 Å². The topological polar surface area (TPSA) is 18.5 Å². The Balaban J connectivity index is 2.38. The van der Waals surface area contributed by atoms with Crippen LogP contribution in [0.25, 0.3) is 0 Å². The second kappa shape index (κ2) is 7.43. The third kappa shape index (κ3) is 4.11. The summed E-state index contributed by atoms with van der Waals surface area (Å²) in [6, 6.07) is 0. The average Bonchev–Trinajstić information content (AvgIpc) is 2.45. The van der Waals surface area contributed by atoms with Crippen LogP contribution in [0, 0.1) is 0 Å². The van der Waals surface area contributed by atoms with E-state index in [1.54, 1.807) is 0 Å². The molecule has 0 aliphatic heterocycles. The molecule has 0 amide bonds. The van der Waals surface area contributed by atoms with Crippen molar-refractivity contribution in [2.75, 3.05) is 13.2 Å². The van der Waals surface area contributed by atoms with Crippen molar-refractivity contribution in [1.29, 1.82) is 0 Å². The summed E-state index contributed by atoms with van der Waals surface area (Å²) >= 11 is 0. The molecule has 2 nitrogen and oxygen atoms in total. The van der Waals surface area contributed by atoms with Crippen molar-refractivity contribution in [2.24, 2.45) is 0 Å². The van der Waals surface area contributed by atoms with Gasteiger partial charge >= 0.3 is 9.28 Å². The zero-order valence-electron chi connectivity index (χ0n) is 9.63. The fourth-order valence-corrected chi connectivity index (χ4v) is 4.55. The van der Waals surface area contributed by atoms with Crippen LogP contribution in [0.2, 0.25) is 5.54 Å². The van der Waals surface area contributed by atoms with E-state index in [0.717, 1.165) is 18.8 Å². The number of rotatable bonds is 5. The maximum atomic E-state index is 5.79. The fraction of sp³-hybridized carbons (Fsp3) is 1.00. The summed E-state index contributed by atoms with van der Waals surface area (Å²) in [5, 5.41) is 0. The van der Waals surface area contributed by atoms with Crippen LogP contribution < -0.4 is 0 Å². The molecule has 0 radical (unpaired) electrons. The van der Waals surface area contributed by atoms with Crippen molar-refractivity contribution in [2.45, 2.75) is 57.9 Å². The monoisotopic (exact) mass is 216 g/mol. The molecule has 0 saturated heterocycles. The van der Waals surface area contributed by atoms with E-state index in [9.17, 15) is 0 Å². The van der Waals surface area contributed by atoms with E-state index in [4.69, 9.17) is 8.85 Å². The first-order valence-electron chi connectivity index (χ1n) is 6.11. The largest absolute Gasteiger partial charge is 0.397 e. The van der Waals surface area contributed by atoms with Crippen molar-refractivity contribution >= 4 is 9.28 Å². The molecule has 0 unspecified atom stereocenters. The quantitative estimate of drug-likeness (QED) is 0.519. The SMILES string of the molecule is CCO[SiH](OCC)C1CCCCCC1. The van der Waals surface area contributed by atoms with Gasteiger partial charge in [0.25, 0.3) is 0 Å². The lowest BCUT2D eigenvalue weighted by Gasteiger charge is -2.23. The third-order valence-corrected chi connectivity index (χ3v) is 5.71. The van der Waals surface area contributed by atoms with Crippen molar-refractivity contribution in [3.63, 3.8) is 0 Å². The van der Waals surface area contributed by atoms with Crippen LogP contribution in [0.3, 0.4) is 0 Å². The molecule has 0 aromatic rings. The summed E-state index contributed by atoms with van der Waals surface area (Å²) in [7, 11) is -1.34. The fourth-order valence-electron chi connectivity index (χ4n) is 2.23. The lowest BCUT2D eigenvalue weighted by atomic mass is 10.2. The van der Waals surface area contributed by atoms with Crippen LogP contribution in [0.5, 0.6) is 0 Å². The Morgan fingerprint density at radius 1 is 0.929 bits per heavy atom. The van der Waals surface area contributed by atoms with Gasteiger partial charge in [-0.1, -0.05) is 25.7 Å². The normalized spacial score (nSPS) is 19.9. The van der Waals surface area contributed by atoms with Crippen molar-refractivity contribution in [3.8, 4) is 0 Å². The molecule has 14 heavy (non-hydrogen) atoms. The summed E-state index contributed by atoms with van der Waals surface area (Å²) in [5.74, 6) is 0. The van der Waals surface area contributed by atoms with Crippen molar-refractivity contribution in [1.82, 2.24) is 0 Å². The summed E-state index contributed by atoms with van der Waals surface area (Å²) in [5.41, 5.74) is 0.775. The molecule has 0 atom stereocenters. The van der Waals surface area contributed by atoms with Gasteiger partial charge in [-0.15, -0.1) is 0 Å². The molecule has 1 fully saturated rings. The van der Waals surface area contributed by atoms with E-state index in [0.29, 0.717) is 0 Å². The molecule has 0 aromatic heterocycles. The minimum atomic E-state index is -1.34. The molecule has 0 aromatic carbocycles. The molecule has 1 aliphatic rings. The maximum absolute atomic E-state index is 5.79. The lowest BCUT2D eigenvalue weighted by Crippen LogP contribution is -2.29. The van der Waals surface area contributed by atoms with Crippen LogP contribution in [0.15, 0.2) is 0 Å². The standard InChI is InChI=1S/C11H24O2Si/c1-3-12-14(13-4-2)11-9-7-5-6-8-10-11/h11,14H,3-10H2,1-2H3. The van der Waals surface area contributed by atoms with Gasteiger partial charge in [-0.2, -0.15) is 0 Å². The average molecular weight is 216 g/mol. The van der Waals surface area contributed by atoms with Gasteiger partial charge < -0.3 is 8.85 Å². The zero-order chi connectivity index (χ0) is 10.2. The molecule has 0 heterocycles. The van der Waals surface area contributed by atoms with Crippen LogP contribution in [-0.2, 0) is 8.85 Å². The predicted molar refractivity (Wildman–Crippen MR) is 61.9 cm³/mol. The van der Waals surface area contributed by atoms with Crippen LogP contribution in [-0.4, -0.2) is 22.5 Å². The summed E-state index contributed by atoms with van der Waals surface area (Å²) in [6.07, 6.45) is 8.28.